The summed E-state index contributed by atoms with van der Waals surface area (Å²) >= 11 is 0. The fourth-order valence-corrected chi connectivity index (χ4v) is 1.12. The summed E-state index contributed by atoms with van der Waals surface area (Å²) < 4.78 is 40.8. The molecule has 1 N–H and O–H groups in total. The quantitative estimate of drug-likeness (QED) is 0.870. The van der Waals surface area contributed by atoms with E-state index in [1.165, 1.54) is 19.2 Å². The predicted octanol–water partition coefficient (Wildman–Crippen LogP) is 2.33. The average Bonchev–Trinajstić information content (AvgIpc) is 2.20. The van der Waals surface area contributed by atoms with Gasteiger partial charge in [0.2, 0.25) is 0 Å². The number of carbonyl (C=O) groups excluding carboxylic acids is 1. The van der Waals surface area contributed by atoms with E-state index in [-0.39, 0.29) is 12.3 Å². The van der Waals surface area contributed by atoms with Crippen LogP contribution in [0.1, 0.15) is 5.56 Å². The molecule has 0 radical (unpaired) electrons. The van der Waals surface area contributed by atoms with Gasteiger partial charge in [0.15, 0.2) is 0 Å². The van der Waals surface area contributed by atoms with E-state index in [4.69, 9.17) is 4.74 Å². The van der Waals surface area contributed by atoms with Crippen LogP contribution in [0.2, 0.25) is 0 Å². The van der Waals surface area contributed by atoms with Gasteiger partial charge in [0.1, 0.15) is 0 Å². The van der Waals surface area contributed by atoms with Crippen molar-refractivity contribution in [3.8, 4) is 0 Å². The van der Waals surface area contributed by atoms with Crippen molar-refractivity contribution < 1.29 is 22.7 Å². The minimum absolute atomic E-state index is 0.103. The number of ether oxygens (including phenoxy) is 1. The summed E-state index contributed by atoms with van der Waals surface area (Å²) in [5, 5.41) is 1.79. The van der Waals surface area contributed by atoms with Gasteiger partial charge in [-0.2, -0.15) is 13.2 Å². The summed E-state index contributed by atoms with van der Waals surface area (Å²) in [7, 11) is 1.42. The lowest BCUT2D eigenvalue weighted by Crippen LogP contribution is -2.30. The first-order chi connectivity index (χ1) is 7.45. The van der Waals surface area contributed by atoms with Crippen LogP contribution in [0.25, 0.3) is 0 Å². The Labute approximate surface area is 90.2 Å². The van der Waals surface area contributed by atoms with Crippen molar-refractivity contribution in [3.05, 3.63) is 29.8 Å². The van der Waals surface area contributed by atoms with Crippen LogP contribution in [0.15, 0.2) is 24.3 Å². The van der Waals surface area contributed by atoms with Gasteiger partial charge in [0.05, 0.1) is 6.61 Å². The molecular weight excluding hydrogens is 223 g/mol. The fraction of sp³-hybridized carbons (Fsp3) is 0.300. The Kier molecular flexibility index (Phi) is 3.89. The zero-order valence-electron chi connectivity index (χ0n) is 8.47. The molecule has 0 heterocycles. The first kappa shape index (κ1) is 12.5. The lowest BCUT2D eigenvalue weighted by Gasteiger charge is -2.11. The Hall–Kier alpha value is -1.56. The molecule has 16 heavy (non-hydrogen) atoms. The molecule has 0 atom stereocenters. The summed E-state index contributed by atoms with van der Waals surface area (Å²) in [4.78, 5) is 10.7. The van der Waals surface area contributed by atoms with E-state index < -0.39 is 12.1 Å². The SMILES string of the molecule is COCc1ccccc1NC(=O)C(F)(F)F. The van der Waals surface area contributed by atoms with Crippen LogP contribution >= 0.6 is 0 Å². The van der Waals surface area contributed by atoms with Crippen molar-refractivity contribution in [2.45, 2.75) is 12.8 Å². The van der Waals surface area contributed by atoms with E-state index in [0.717, 1.165) is 0 Å². The highest BCUT2D eigenvalue weighted by atomic mass is 19.4. The number of alkyl halides is 3. The van der Waals surface area contributed by atoms with Crippen molar-refractivity contribution >= 4 is 11.6 Å². The molecule has 1 rings (SSSR count). The van der Waals surface area contributed by atoms with Crippen molar-refractivity contribution in [3.63, 3.8) is 0 Å². The molecule has 0 aromatic heterocycles. The Morgan fingerprint density at radius 3 is 2.56 bits per heavy atom. The largest absolute Gasteiger partial charge is 0.471 e. The number of halogens is 3. The van der Waals surface area contributed by atoms with Crippen molar-refractivity contribution in [1.82, 2.24) is 0 Å². The van der Waals surface area contributed by atoms with Gasteiger partial charge in [-0.15, -0.1) is 0 Å². The predicted molar refractivity (Wildman–Crippen MR) is 51.8 cm³/mol. The number of methoxy groups -OCH3 is 1. The van der Waals surface area contributed by atoms with Crippen LogP contribution in [-0.2, 0) is 16.1 Å². The summed E-state index contributed by atoms with van der Waals surface area (Å²) in [5.74, 6) is -1.99. The number of rotatable bonds is 3. The number of hydrogen-bond donors (Lipinski definition) is 1. The van der Waals surface area contributed by atoms with E-state index in [1.54, 1.807) is 17.4 Å². The maximum atomic E-state index is 12.0. The van der Waals surface area contributed by atoms with Crippen LogP contribution in [0, 0.1) is 0 Å². The lowest BCUT2D eigenvalue weighted by molar-refractivity contribution is -0.167. The molecule has 0 saturated heterocycles. The highest BCUT2D eigenvalue weighted by Crippen LogP contribution is 2.21. The van der Waals surface area contributed by atoms with E-state index in [1.807, 2.05) is 0 Å². The maximum absolute atomic E-state index is 12.0. The molecule has 0 unspecified atom stereocenters. The molecule has 0 fully saturated rings. The lowest BCUT2D eigenvalue weighted by atomic mass is 10.2. The number of carbonyl (C=O) groups is 1. The monoisotopic (exact) mass is 233 g/mol. The maximum Gasteiger partial charge on any atom is 0.471 e. The van der Waals surface area contributed by atoms with Gasteiger partial charge in [-0.3, -0.25) is 4.79 Å². The molecule has 6 heteroatoms. The molecule has 0 aliphatic carbocycles. The first-order valence-electron chi connectivity index (χ1n) is 4.40. The minimum atomic E-state index is -4.89. The van der Waals surface area contributed by atoms with Gasteiger partial charge in [-0.05, 0) is 6.07 Å². The molecule has 3 nitrogen and oxygen atoms in total. The van der Waals surface area contributed by atoms with Crippen LogP contribution in [-0.4, -0.2) is 19.2 Å². The third-order valence-corrected chi connectivity index (χ3v) is 1.82. The second-order valence-electron chi connectivity index (χ2n) is 3.04. The summed E-state index contributed by atoms with van der Waals surface area (Å²) in [6.07, 6.45) is -4.89. The van der Waals surface area contributed by atoms with Gasteiger partial charge >= 0.3 is 12.1 Å². The minimum Gasteiger partial charge on any atom is -0.380 e. The van der Waals surface area contributed by atoms with Gasteiger partial charge in [0.25, 0.3) is 0 Å². The molecule has 0 bridgehead atoms. The Bertz CT molecular complexity index is 377. The Balaban J connectivity index is 2.84. The van der Waals surface area contributed by atoms with E-state index >= 15 is 0 Å². The van der Waals surface area contributed by atoms with E-state index in [9.17, 15) is 18.0 Å². The van der Waals surface area contributed by atoms with Crippen LogP contribution in [0.3, 0.4) is 0 Å². The Morgan fingerprint density at radius 2 is 2.00 bits per heavy atom. The molecule has 0 aliphatic rings. The number of benzene rings is 1. The van der Waals surface area contributed by atoms with E-state index in [0.29, 0.717) is 5.56 Å². The van der Waals surface area contributed by atoms with Crippen molar-refractivity contribution in [2.75, 3.05) is 12.4 Å². The second-order valence-corrected chi connectivity index (χ2v) is 3.04. The number of para-hydroxylation sites is 1. The second kappa shape index (κ2) is 4.98. The highest BCUT2D eigenvalue weighted by Gasteiger charge is 2.38. The Morgan fingerprint density at radius 1 is 1.38 bits per heavy atom. The number of hydrogen-bond acceptors (Lipinski definition) is 2. The molecule has 0 aliphatic heterocycles. The molecule has 1 aromatic carbocycles. The number of amides is 1. The highest BCUT2D eigenvalue weighted by molar-refractivity contribution is 5.95. The molecule has 1 aromatic rings. The smallest absolute Gasteiger partial charge is 0.380 e. The molecule has 0 saturated carbocycles. The first-order valence-corrected chi connectivity index (χ1v) is 4.40. The fourth-order valence-electron chi connectivity index (χ4n) is 1.12. The van der Waals surface area contributed by atoms with Crippen molar-refractivity contribution in [1.29, 1.82) is 0 Å². The van der Waals surface area contributed by atoms with Gasteiger partial charge < -0.3 is 10.1 Å². The normalized spacial score (nSPS) is 11.2. The third kappa shape index (κ3) is 3.23. The standard InChI is InChI=1S/C10H10F3NO2/c1-16-6-7-4-2-3-5-8(7)14-9(15)10(11,12)13/h2-5H,6H2,1H3,(H,14,15). The van der Waals surface area contributed by atoms with Gasteiger partial charge in [-0.25, -0.2) is 0 Å². The molecule has 88 valence electrons. The number of nitrogens with one attached hydrogen (secondary N) is 1. The summed E-state index contributed by atoms with van der Waals surface area (Å²) in [6.45, 7) is 0.133. The van der Waals surface area contributed by atoms with Gasteiger partial charge in [-0.1, -0.05) is 18.2 Å². The van der Waals surface area contributed by atoms with Crippen molar-refractivity contribution in [2.24, 2.45) is 0 Å². The van der Waals surface area contributed by atoms with Crippen LogP contribution in [0.4, 0.5) is 18.9 Å². The average molecular weight is 233 g/mol. The topological polar surface area (TPSA) is 38.3 Å². The van der Waals surface area contributed by atoms with Crippen LogP contribution in [0.5, 0.6) is 0 Å². The zero-order valence-corrected chi connectivity index (χ0v) is 8.47. The van der Waals surface area contributed by atoms with E-state index in [2.05, 4.69) is 0 Å². The zero-order chi connectivity index (χ0) is 12.2. The van der Waals surface area contributed by atoms with Gasteiger partial charge in [0, 0.05) is 18.4 Å². The number of anilines is 1. The molecular formula is C10H10F3NO2. The van der Waals surface area contributed by atoms with Crippen LogP contribution < -0.4 is 5.32 Å². The summed E-state index contributed by atoms with van der Waals surface area (Å²) in [6, 6.07) is 6.15. The molecule has 1 amide bonds. The third-order valence-electron chi connectivity index (χ3n) is 1.82. The molecule has 0 spiro atoms. The summed E-state index contributed by atoms with van der Waals surface area (Å²) in [5.41, 5.74) is 0.592.